The summed E-state index contributed by atoms with van der Waals surface area (Å²) >= 11 is 0. The van der Waals surface area contributed by atoms with Gasteiger partial charge in [0.2, 0.25) is 5.91 Å². The Morgan fingerprint density at radius 2 is 1.74 bits per heavy atom. The van der Waals surface area contributed by atoms with Crippen LogP contribution in [0.25, 0.3) is 22.2 Å². The van der Waals surface area contributed by atoms with Gasteiger partial charge in [0.1, 0.15) is 5.78 Å². The zero-order valence-corrected chi connectivity index (χ0v) is 20.7. The fraction of sp³-hybridized carbons (Fsp3) is 0.448. The highest BCUT2D eigenvalue weighted by atomic mass is 16.5. The van der Waals surface area contributed by atoms with E-state index in [1.807, 2.05) is 12.1 Å². The highest BCUT2D eigenvalue weighted by Crippen LogP contribution is 2.30. The summed E-state index contributed by atoms with van der Waals surface area (Å²) in [5.74, 6) is 0.333. The van der Waals surface area contributed by atoms with E-state index in [-0.39, 0.29) is 17.7 Å². The van der Waals surface area contributed by atoms with Crippen LogP contribution in [0.5, 0.6) is 0 Å². The fourth-order valence-electron chi connectivity index (χ4n) is 5.00. The number of H-pyrrole nitrogens is 1. The molecular weight excluding hydrogens is 438 g/mol. The van der Waals surface area contributed by atoms with Gasteiger partial charge in [-0.3, -0.25) is 9.69 Å². The van der Waals surface area contributed by atoms with Gasteiger partial charge in [-0.25, -0.2) is 0 Å². The summed E-state index contributed by atoms with van der Waals surface area (Å²) < 4.78 is 5.51. The third-order valence-electron chi connectivity index (χ3n) is 6.85. The number of ether oxygens (including phenoxy) is 1. The predicted molar refractivity (Wildman–Crippen MR) is 140 cm³/mol. The number of aromatic amines is 1. The van der Waals surface area contributed by atoms with Crippen LogP contribution >= 0.6 is 0 Å². The Kier molecular flexibility index (Phi) is 9.09. The molecule has 0 radical (unpaired) electrons. The first-order valence-electron chi connectivity index (χ1n) is 12.9. The molecule has 6 heteroatoms. The number of benzene rings is 2. The van der Waals surface area contributed by atoms with Gasteiger partial charge in [0.15, 0.2) is 0 Å². The van der Waals surface area contributed by atoms with Crippen molar-refractivity contribution in [3.8, 4) is 11.3 Å². The van der Waals surface area contributed by atoms with Crippen LogP contribution < -0.4 is 5.32 Å². The minimum Gasteiger partial charge on any atom is -0.379 e. The maximum absolute atomic E-state index is 13.3. The number of morpholine rings is 1. The molecular formula is C29H37N3O3. The largest absolute Gasteiger partial charge is 0.379 e. The van der Waals surface area contributed by atoms with Crippen LogP contribution in [-0.2, 0) is 20.7 Å². The third-order valence-corrected chi connectivity index (χ3v) is 6.85. The van der Waals surface area contributed by atoms with E-state index < -0.39 is 0 Å². The SMILES string of the molecule is CC(=O)CCCCC[C@@H](C(=O)NCCc1c(-c2ccccc2)[nH]c2ccccc12)N1CCOCC1. The molecule has 2 heterocycles. The lowest BCUT2D eigenvalue weighted by Gasteiger charge is -2.33. The number of unbranched alkanes of at least 4 members (excludes halogenated alkanes) is 2. The van der Waals surface area contributed by atoms with E-state index in [4.69, 9.17) is 4.74 Å². The van der Waals surface area contributed by atoms with Crippen LogP contribution in [0.3, 0.4) is 0 Å². The van der Waals surface area contributed by atoms with Crippen molar-refractivity contribution in [2.75, 3.05) is 32.8 Å². The number of Topliss-reactive ketones (excluding diaryl/α,β-unsaturated/α-hetero) is 1. The molecule has 2 aromatic carbocycles. The van der Waals surface area contributed by atoms with E-state index in [1.54, 1.807) is 6.92 Å². The smallest absolute Gasteiger partial charge is 0.237 e. The molecule has 0 spiro atoms. The van der Waals surface area contributed by atoms with E-state index >= 15 is 0 Å². The van der Waals surface area contributed by atoms with Crippen molar-refractivity contribution in [3.63, 3.8) is 0 Å². The van der Waals surface area contributed by atoms with Crippen LogP contribution in [0.1, 0.15) is 44.6 Å². The van der Waals surface area contributed by atoms with Crippen LogP contribution in [0, 0.1) is 0 Å². The molecule has 0 aliphatic carbocycles. The molecule has 0 unspecified atom stereocenters. The van der Waals surface area contributed by atoms with Crippen molar-refractivity contribution in [1.29, 1.82) is 0 Å². The van der Waals surface area contributed by atoms with Gasteiger partial charge >= 0.3 is 0 Å². The van der Waals surface area contributed by atoms with Crippen molar-refractivity contribution in [1.82, 2.24) is 15.2 Å². The molecule has 1 aliphatic heterocycles. The van der Waals surface area contributed by atoms with Gasteiger partial charge in [0, 0.05) is 42.7 Å². The minimum absolute atomic E-state index is 0.0968. The second-order valence-corrected chi connectivity index (χ2v) is 9.40. The minimum atomic E-state index is -0.146. The summed E-state index contributed by atoms with van der Waals surface area (Å²) in [7, 11) is 0. The number of amides is 1. The van der Waals surface area contributed by atoms with Crippen LogP contribution in [0.4, 0.5) is 0 Å². The van der Waals surface area contributed by atoms with Gasteiger partial charge in [-0.2, -0.15) is 0 Å². The molecule has 4 rings (SSSR count). The second kappa shape index (κ2) is 12.7. The lowest BCUT2D eigenvalue weighted by atomic mass is 10.0. The van der Waals surface area contributed by atoms with E-state index in [1.165, 1.54) is 10.9 Å². The van der Waals surface area contributed by atoms with Gasteiger partial charge in [0.05, 0.1) is 19.3 Å². The molecule has 0 bridgehead atoms. The van der Waals surface area contributed by atoms with Crippen molar-refractivity contribution in [2.24, 2.45) is 0 Å². The number of para-hydroxylation sites is 1. The fourth-order valence-corrected chi connectivity index (χ4v) is 5.00. The Bertz CT molecular complexity index is 1100. The van der Waals surface area contributed by atoms with E-state index in [2.05, 4.69) is 57.7 Å². The summed E-state index contributed by atoms with van der Waals surface area (Å²) in [5.41, 5.74) is 4.63. The number of hydrogen-bond donors (Lipinski definition) is 2. The van der Waals surface area contributed by atoms with Gasteiger partial charge in [-0.05, 0) is 43.4 Å². The molecule has 1 atom stereocenters. The zero-order chi connectivity index (χ0) is 24.5. The maximum Gasteiger partial charge on any atom is 0.237 e. The summed E-state index contributed by atoms with van der Waals surface area (Å²) in [6, 6.07) is 18.6. The number of rotatable bonds is 12. The maximum atomic E-state index is 13.3. The van der Waals surface area contributed by atoms with Gasteiger partial charge in [-0.15, -0.1) is 0 Å². The molecule has 1 amide bonds. The molecule has 1 aromatic heterocycles. The average Bonchev–Trinajstić information content (AvgIpc) is 3.25. The normalized spacial score (nSPS) is 15.2. The van der Waals surface area contributed by atoms with Crippen LogP contribution in [0.2, 0.25) is 0 Å². The molecule has 35 heavy (non-hydrogen) atoms. The Morgan fingerprint density at radius 3 is 2.51 bits per heavy atom. The monoisotopic (exact) mass is 475 g/mol. The molecule has 3 aromatic rings. The topological polar surface area (TPSA) is 74.4 Å². The summed E-state index contributed by atoms with van der Waals surface area (Å²) in [4.78, 5) is 30.4. The number of ketones is 1. The van der Waals surface area contributed by atoms with Crippen molar-refractivity contribution >= 4 is 22.6 Å². The Morgan fingerprint density at radius 1 is 1.00 bits per heavy atom. The average molecular weight is 476 g/mol. The molecule has 2 N–H and O–H groups in total. The quantitative estimate of drug-likeness (QED) is 0.371. The van der Waals surface area contributed by atoms with Gasteiger partial charge in [-0.1, -0.05) is 61.4 Å². The van der Waals surface area contributed by atoms with E-state index in [9.17, 15) is 9.59 Å². The molecule has 1 aliphatic rings. The molecule has 1 fully saturated rings. The van der Waals surface area contributed by atoms with Crippen molar-refractivity contribution in [3.05, 3.63) is 60.2 Å². The molecule has 1 saturated heterocycles. The first-order chi connectivity index (χ1) is 17.1. The summed E-state index contributed by atoms with van der Waals surface area (Å²) in [6.07, 6.45) is 5.02. The number of carbonyl (C=O) groups excluding carboxylic acids is 2. The van der Waals surface area contributed by atoms with Crippen molar-refractivity contribution in [2.45, 2.75) is 51.5 Å². The summed E-state index contributed by atoms with van der Waals surface area (Å²) in [6.45, 7) is 5.14. The Balaban J connectivity index is 1.41. The number of fused-ring (bicyclic) bond motifs is 1. The number of nitrogens with one attached hydrogen (secondary N) is 2. The first kappa shape index (κ1) is 25.1. The van der Waals surface area contributed by atoms with Gasteiger partial charge < -0.3 is 19.8 Å². The van der Waals surface area contributed by atoms with E-state index in [0.29, 0.717) is 26.2 Å². The second-order valence-electron chi connectivity index (χ2n) is 9.40. The van der Waals surface area contributed by atoms with Gasteiger partial charge in [0.25, 0.3) is 0 Å². The number of aromatic nitrogens is 1. The molecule has 6 nitrogen and oxygen atoms in total. The van der Waals surface area contributed by atoms with Crippen LogP contribution in [0.15, 0.2) is 54.6 Å². The van der Waals surface area contributed by atoms with E-state index in [0.717, 1.165) is 62.0 Å². The third kappa shape index (κ3) is 6.80. The predicted octanol–water partition coefficient (Wildman–Crippen LogP) is 4.73. The van der Waals surface area contributed by atoms with Crippen LogP contribution in [-0.4, -0.2) is 60.5 Å². The Hall–Kier alpha value is -2.96. The highest BCUT2D eigenvalue weighted by Gasteiger charge is 2.27. The summed E-state index contributed by atoms with van der Waals surface area (Å²) in [5, 5.41) is 4.44. The highest BCUT2D eigenvalue weighted by molar-refractivity contribution is 5.91. The number of carbonyl (C=O) groups is 2. The lowest BCUT2D eigenvalue weighted by molar-refractivity contribution is -0.128. The molecule has 186 valence electrons. The zero-order valence-electron chi connectivity index (χ0n) is 20.7. The number of hydrogen-bond acceptors (Lipinski definition) is 4. The standard InChI is InChI=1S/C29H37N3O3/c1-22(33)10-4-2-7-15-27(32-18-20-35-21-19-32)29(34)30-17-16-25-24-13-8-9-14-26(24)31-28(25)23-11-5-3-6-12-23/h3,5-6,8-9,11-14,27,31H,2,4,7,10,15-21H2,1H3,(H,30,34)/t27-/m0/s1. The molecule has 0 saturated carbocycles. The van der Waals surface area contributed by atoms with Crippen molar-refractivity contribution < 1.29 is 14.3 Å². The Labute approximate surface area is 208 Å². The number of nitrogens with zero attached hydrogens (tertiary/aromatic N) is 1. The first-order valence-corrected chi connectivity index (χ1v) is 12.9. The lowest BCUT2D eigenvalue weighted by Crippen LogP contribution is -2.51.